The summed E-state index contributed by atoms with van der Waals surface area (Å²) in [4.78, 5) is 41.4. The van der Waals surface area contributed by atoms with Gasteiger partial charge in [0.25, 0.3) is 0 Å². The van der Waals surface area contributed by atoms with Crippen LogP contribution in [0.2, 0.25) is 0 Å². The highest BCUT2D eigenvalue weighted by molar-refractivity contribution is 5.74. The summed E-state index contributed by atoms with van der Waals surface area (Å²) in [6.45, 7) is 12.5. The standard InChI is InChI=1S/C29H39N9O3/c1-5-16-41-29(40)35-14-12-34(13-15-35)25-8-6-24(7-9-25)32-28-31-20-37(33-28)26-10-11-30-27(17-26)36-18-21(2)38(23(4)39)22(3)19-36/h6-11,17,20-22H,5,12-16,18-19H2,1-4H3,(H,32,33)/t21-,22+. The molecule has 5 rings (SSSR count). The maximum absolute atomic E-state index is 12.1. The number of benzene rings is 1. The molecule has 41 heavy (non-hydrogen) atoms. The van der Waals surface area contributed by atoms with Gasteiger partial charge in [0.05, 0.1) is 12.3 Å². The monoisotopic (exact) mass is 561 g/mol. The molecule has 0 unspecified atom stereocenters. The lowest BCUT2D eigenvalue weighted by atomic mass is 10.1. The lowest BCUT2D eigenvalue weighted by molar-refractivity contribution is -0.133. The first-order chi connectivity index (χ1) is 19.8. The molecule has 2 aromatic heterocycles. The Labute approximate surface area is 240 Å². The lowest BCUT2D eigenvalue weighted by Crippen LogP contribution is -2.58. The normalized spacial score (nSPS) is 19.3. The van der Waals surface area contributed by atoms with E-state index < -0.39 is 0 Å². The van der Waals surface area contributed by atoms with Crippen LogP contribution in [-0.2, 0) is 9.53 Å². The number of carbonyl (C=O) groups is 2. The van der Waals surface area contributed by atoms with Crippen LogP contribution in [0, 0.1) is 0 Å². The first-order valence-electron chi connectivity index (χ1n) is 14.3. The van der Waals surface area contributed by atoms with Gasteiger partial charge in [-0.3, -0.25) is 4.79 Å². The third-order valence-electron chi connectivity index (χ3n) is 7.55. The van der Waals surface area contributed by atoms with E-state index in [9.17, 15) is 9.59 Å². The highest BCUT2D eigenvalue weighted by Gasteiger charge is 2.31. The molecule has 0 radical (unpaired) electrons. The fraction of sp³-hybridized carbons (Fsp3) is 0.483. The van der Waals surface area contributed by atoms with Gasteiger partial charge in [-0.05, 0) is 50.6 Å². The van der Waals surface area contributed by atoms with Crippen molar-refractivity contribution in [2.45, 2.75) is 46.2 Å². The summed E-state index contributed by atoms with van der Waals surface area (Å²) < 4.78 is 6.98. The van der Waals surface area contributed by atoms with E-state index in [0.717, 1.165) is 55.5 Å². The topological polar surface area (TPSA) is 112 Å². The Hall–Kier alpha value is -4.35. The molecule has 2 aliphatic heterocycles. The van der Waals surface area contributed by atoms with E-state index in [4.69, 9.17) is 4.74 Å². The van der Waals surface area contributed by atoms with Crippen LogP contribution in [-0.4, -0.2) is 99.5 Å². The van der Waals surface area contributed by atoms with Crippen LogP contribution in [0.1, 0.15) is 34.1 Å². The van der Waals surface area contributed by atoms with E-state index in [-0.39, 0.29) is 24.1 Å². The smallest absolute Gasteiger partial charge is 0.409 e. The SMILES string of the molecule is CCCOC(=O)N1CCN(c2ccc(Nc3ncn(-c4ccnc(N5C[C@@H](C)N(C(C)=O)[C@@H](C)C5)c4)n3)cc2)CC1. The van der Waals surface area contributed by atoms with Gasteiger partial charge in [0, 0.05) is 81.9 Å². The summed E-state index contributed by atoms with van der Waals surface area (Å²) in [5, 5.41) is 7.90. The van der Waals surface area contributed by atoms with Crippen molar-refractivity contribution in [1.82, 2.24) is 29.5 Å². The Morgan fingerprint density at radius 1 is 0.951 bits per heavy atom. The predicted octanol–water partition coefficient (Wildman–Crippen LogP) is 3.52. The van der Waals surface area contributed by atoms with E-state index in [0.29, 0.717) is 25.6 Å². The van der Waals surface area contributed by atoms with Crippen molar-refractivity contribution in [2.75, 3.05) is 61.0 Å². The molecule has 0 saturated carbocycles. The summed E-state index contributed by atoms with van der Waals surface area (Å²) in [5.74, 6) is 1.45. The highest BCUT2D eigenvalue weighted by atomic mass is 16.6. The third kappa shape index (κ3) is 6.53. The first kappa shape index (κ1) is 28.2. The number of aromatic nitrogens is 4. The molecule has 1 aromatic carbocycles. The van der Waals surface area contributed by atoms with Crippen LogP contribution >= 0.6 is 0 Å². The van der Waals surface area contributed by atoms with E-state index in [1.165, 1.54) is 0 Å². The fourth-order valence-electron chi connectivity index (χ4n) is 5.61. The number of rotatable bonds is 7. The predicted molar refractivity (Wildman–Crippen MR) is 158 cm³/mol. The molecule has 12 nitrogen and oxygen atoms in total. The Kier molecular flexibility index (Phi) is 8.55. The zero-order chi connectivity index (χ0) is 28.9. The number of nitrogens with one attached hydrogen (secondary N) is 1. The molecule has 0 bridgehead atoms. The summed E-state index contributed by atoms with van der Waals surface area (Å²) >= 11 is 0. The molecule has 0 aliphatic carbocycles. The summed E-state index contributed by atoms with van der Waals surface area (Å²) in [5.41, 5.74) is 2.85. The van der Waals surface area contributed by atoms with E-state index >= 15 is 0 Å². The molecule has 12 heteroatoms. The van der Waals surface area contributed by atoms with Crippen molar-refractivity contribution in [3.63, 3.8) is 0 Å². The van der Waals surface area contributed by atoms with Crippen molar-refractivity contribution >= 4 is 35.1 Å². The maximum Gasteiger partial charge on any atom is 0.409 e. The van der Waals surface area contributed by atoms with Gasteiger partial charge in [0.15, 0.2) is 0 Å². The van der Waals surface area contributed by atoms with Gasteiger partial charge in [-0.1, -0.05) is 6.92 Å². The number of ether oxygens (including phenoxy) is 1. The quantitative estimate of drug-likeness (QED) is 0.463. The summed E-state index contributed by atoms with van der Waals surface area (Å²) in [6.07, 6.45) is 4.06. The molecular weight excluding hydrogens is 522 g/mol. The maximum atomic E-state index is 12.1. The molecule has 2 fully saturated rings. The second-order valence-electron chi connectivity index (χ2n) is 10.7. The number of pyridine rings is 1. The van der Waals surface area contributed by atoms with E-state index in [1.54, 1.807) is 29.0 Å². The van der Waals surface area contributed by atoms with E-state index in [1.807, 2.05) is 36.1 Å². The molecule has 2 saturated heterocycles. The third-order valence-corrected chi connectivity index (χ3v) is 7.55. The van der Waals surface area contributed by atoms with Crippen LogP contribution in [0.15, 0.2) is 48.9 Å². The average molecular weight is 562 g/mol. The van der Waals surface area contributed by atoms with Crippen molar-refractivity contribution in [3.05, 3.63) is 48.9 Å². The van der Waals surface area contributed by atoms with Crippen LogP contribution in [0.25, 0.3) is 5.69 Å². The van der Waals surface area contributed by atoms with Crippen molar-refractivity contribution in [2.24, 2.45) is 0 Å². The number of hydrogen-bond acceptors (Lipinski definition) is 9. The second-order valence-corrected chi connectivity index (χ2v) is 10.7. The minimum Gasteiger partial charge on any atom is -0.449 e. The van der Waals surface area contributed by atoms with Gasteiger partial charge in [-0.15, -0.1) is 5.10 Å². The minimum atomic E-state index is -0.224. The minimum absolute atomic E-state index is 0.105. The zero-order valence-corrected chi connectivity index (χ0v) is 24.2. The van der Waals surface area contributed by atoms with E-state index in [2.05, 4.69) is 56.2 Å². The van der Waals surface area contributed by atoms with Gasteiger partial charge in [0.2, 0.25) is 11.9 Å². The largest absolute Gasteiger partial charge is 0.449 e. The Balaban J connectivity index is 1.18. The summed E-state index contributed by atoms with van der Waals surface area (Å²) in [6, 6.07) is 12.2. The Bertz CT molecular complexity index is 1330. The summed E-state index contributed by atoms with van der Waals surface area (Å²) in [7, 11) is 0. The molecular formula is C29H39N9O3. The number of hydrogen-bond donors (Lipinski definition) is 1. The Morgan fingerprint density at radius 2 is 1.66 bits per heavy atom. The van der Waals surface area contributed by atoms with Crippen LogP contribution in [0.3, 0.4) is 0 Å². The Morgan fingerprint density at radius 3 is 2.32 bits per heavy atom. The number of nitrogens with zero attached hydrogens (tertiary/aromatic N) is 8. The van der Waals surface area contributed by atoms with Crippen molar-refractivity contribution < 1.29 is 14.3 Å². The number of piperazine rings is 2. The highest BCUT2D eigenvalue weighted by Crippen LogP contribution is 2.24. The van der Waals surface area contributed by atoms with Gasteiger partial charge in [-0.25, -0.2) is 14.5 Å². The molecule has 218 valence electrons. The molecule has 2 atom stereocenters. The second kappa shape index (κ2) is 12.4. The lowest BCUT2D eigenvalue weighted by Gasteiger charge is -2.44. The molecule has 3 aromatic rings. The fourth-order valence-corrected chi connectivity index (χ4v) is 5.61. The molecule has 4 heterocycles. The zero-order valence-electron chi connectivity index (χ0n) is 24.2. The number of anilines is 4. The average Bonchev–Trinajstić information content (AvgIpc) is 3.44. The van der Waals surface area contributed by atoms with Crippen molar-refractivity contribution in [3.8, 4) is 5.69 Å². The van der Waals surface area contributed by atoms with Crippen molar-refractivity contribution in [1.29, 1.82) is 0 Å². The molecule has 1 N–H and O–H groups in total. The van der Waals surface area contributed by atoms with Crippen LogP contribution in [0.5, 0.6) is 0 Å². The van der Waals surface area contributed by atoms with Gasteiger partial charge >= 0.3 is 6.09 Å². The molecule has 0 spiro atoms. The van der Waals surface area contributed by atoms with Gasteiger partial charge < -0.3 is 29.7 Å². The van der Waals surface area contributed by atoms with Gasteiger partial charge in [-0.2, -0.15) is 4.98 Å². The molecule has 2 aliphatic rings. The first-order valence-corrected chi connectivity index (χ1v) is 14.3. The number of carbonyl (C=O) groups excluding carboxylic acids is 2. The molecule has 2 amide bonds. The van der Waals surface area contributed by atoms with Crippen LogP contribution in [0.4, 0.5) is 27.9 Å². The van der Waals surface area contributed by atoms with Crippen LogP contribution < -0.4 is 15.1 Å². The van der Waals surface area contributed by atoms with Gasteiger partial charge in [0.1, 0.15) is 12.1 Å². The number of amides is 2.